The second kappa shape index (κ2) is 8.99. The lowest BCUT2D eigenvalue weighted by Crippen LogP contribution is -2.14. The Hall–Kier alpha value is -1.41. The fourth-order valence-corrected chi connectivity index (χ4v) is 4.44. The van der Waals surface area contributed by atoms with Crippen LogP contribution in [0.1, 0.15) is 5.56 Å². The molecule has 0 N–H and O–H groups in total. The monoisotopic (exact) mass is 470 g/mol. The molecule has 2 aromatic carbocycles. The first-order valence-electron chi connectivity index (χ1n) is 7.61. The van der Waals surface area contributed by atoms with Crippen LogP contribution >= 0.6 is 50.8 Å². The maximum absolute atomic E-state index is 6.24. The molecule has 0 unspecified atom stereocenters. The fourth-order valence-electron chi connectivity index (χ4n) is 2.28. The number of benzene rings is 2. The summed E-state index contributed by atoms with van der Waals surface area (Å²) in [7, 11) is 3.30. The number of rotatable bonds is 7. The summed E-state index contributed by atoms with van der Waals surface area (Å²) in [6, 6.07) is 11.7. The highest BCUT2D eigenvalue weighted by molar-refractivity contribution is 9.10. The molecule has 136 valence electrons. The van der Waals surface area contributed by atoms with Gasteiger partial charge < -0.3 is 9.47 Å². The third-order valence-electron chi connectivity index (χ3n) is 3.55. The smallest absolute Gasteiger partial charge is 0.195 e. The minimum atomic E-state index is 0.624. The van der Waals surface area contributed by atoms with Gasteiger partial charge in [0.1, 0.15) is 11.5 Å². The Bertz CT molecular complexity index is 878. The Labute approximate surface area is 174 Å². The van der Waals surface area contributed by atoms with Crippen molar-refractivity contribution in [2.75, 3.05) is 18.5 Å². The lowest BCUT2D eigenvalue weighted by atomic mass is 10.2. The number of ether oxygens (including phenoxy) is 2. The van der Waals surface area contributed by atoms with Crippen LogP contribution in [0.4, 0.5) is 5.13 Å². The summed E-state index contributed by atoms with van der Waals surface area (Å²) in [5, 5.41) is 3.55. The van der Waals surface area contributed by atoms with Crippen LogP contribution in [0, 0.1) is 0 Å². The number of thiazole rings is 1. The van der Waals surface area contributed by atoms with Crippen molar-refractivity contribution in [3.05, 3.63) is 63.0 Å². The van der Waals surface area contributed by atoms with Gasteiger partial charge in [-0.05, 0) is 58.2 Å². The normalized spacial score (nSPS) is 10.6. The van der Waals surface area contributed by atoms with E-state index in [1.54, 1.807) is 43.7 Å². The predicted octanol–water partition coefficient (Wildman–Crippen LogP) is 6.29. The molecule has 0 radical (unpaired) electrons. The van der Waals surface area contributed by atoms with Gasteiger partial charge in [0.25, 0.3) is 0 Å². The molecule has 4 nitrogen and oxygen atoms in total. The SMILES string of the molecule is COc1ccc(CN(Sc2ccc(Br)c(Cl)c2)c2nccs2)c(OC)c1. The lowest BCUT2D eigenvalue weighted by molar-refractivity contribution is 0.391. The average Bonchev–Trinajstić information content (AvgIpc) is 3.19. The Balaban J connectivity index is 1.89. The fraction of sp³-hybridized carbons (Fsp3) is 0.167. The number of aromatic nitrogens is 1. The molecule has 0 aliphatic heterocycles. The highest BCUT2D eigenvalue weighted by Crippen LogP contribution is 2.36. The largest absolute Gasteiger partial charge is 0.497 e. The van der Waals surface area contributed by atoms with E-state index in [-0.39, 0.29) is 0 Å². The molecule has 0 saturated heterocycles. The lowest BCUT2D eigenvalue weighted by Gasteiger charge is -2.22. The predicted molar refractivity (Wildman–Crippen MR) is 113 cm³/mol. The van der Waals surface area contributed by atoms with Crippen LogP contribution in [0.25, 0.3) is 0 Å². The number of anilines is 1. The number of methoxy groups -OCH3 is 2. The molecule has 0 aliphatic rings. The number of hydrogen-bond acceptors (Lipinski definition) is 6. The van der Waals surface area contributed by atoms with Crippen LogP contribution in [-0.4, -0.2) is 19.2 Å². The Kier molecular flexibility index (Phi) is 6.69. The van der Waals surface area contributed by atoms with Crippen molar-refractivity contribution in [2.45, 2.75) is 11.4 Å². The van der Waals surface area contributed by atoms with Crippen LogP contribution < -0.4 is 13.8 Å². The zero-order valence-corrected chi connectivity index (χ0v) is 18.1. The molecule has 0 bridgehead atoms. The van der Waals surface area contributed by atoms with E-state index in [0.29, 0.717) is 11.6 Å². The van der Waals surface area contributed by atoms with Crippen molar-refractivity contribution in [3.8, 4) is 11.5 Å². The molecular formula is C18H16BrClN2O2S2. The maximum Gasteiger partial charge on any atom is 0.195 e. The van der Waals surface area contributed by atoms with E-state index < -0.39 is 0 Å². The van der Waals surface area contributed by atoms with E-state index in [1.807, 2.05) is 41.8 Å². The Morgan fingerprint density at radius 1 is 1.19 bits per heavy atom. The van der Waals surface area contributed by atoms with Gasteiger partial charge in [0, 0.05) is 32.6 Å². The topological polar surface area (TPSA) is 34.6 Å². The van der Waals surface area contributed by atoms with E-state index in [0.717, 1.165) is 31.6 Å². The molecule has 1 aromatic heterocycles. The Morgan fingerprint density at radius 2 is 2.04 bits per heavy atom. The van der Waals surface area contributed by atoms with E-state index in [4.69, 9.17) is 21.1 Å². The third kappa shape index (κ3) is 4.65. The molecule has 26 heavy (non-hydrogen) atoms. The van der Waals surface area contributed by atoms with Crippen LogP contribution in [0.5, 0.6) is 11.5 Å². The minimum absolute atomic E-state index is 0.624. The standard InChI is InChI=1S/C18H16BrClN2O2S2/c1-23-13-4-3-12(17(9-13)24-2)11-22(18-21-7-8-25-18)26-14-5-6-15(19)16(20)10-14/h3-10H,11H2,1-2H3. The summed E-state index contributed by atoms with van der Waals surface area (Å²) < 4.78 is 13.8. The van der Waals surface area contributed by atoms with Gasteiger partial charge in [-0.15, -0.1) is 11.3 Å². The molecule has 1 heterocycles. The van der Waals surface area contributed by atoms with Crippen molar-refractivity contribution in [2.24, 2.45) is 0 Å². The summed E-state index contributed by atoms with van der Waals surface area (Å²) in [4.78, 5) is 5.48. The zero-order valence-electron chi connectivity index (χ0n) is 14.1. The molecular weight excluding hydrogens is 456 g/mol. The van der Waals surface area contributed by atoms with Crippen LogP contribution in [0.15, 0.2) is 57.3 Å². The van der Waals surface area contributed by atoms with E-state index in [1.165, 1.54) is 0 Å². The number of hydrogen-bond donors (Lipinski definition) is 0. The molecule has 0 fully saturated rings. The van der Waals surface area contributed by atoms with Gasteiger partial charge >= 0.3 is 0 Å². The van der Waals surface area contributed by atoms with Crippen molar-refractivity contribution >= 4 is 55.9 Å². The summed E-state index contributed by atoms with van der Waals surface area (Å²) in [6.07, 6.45) is 1.80. The third-order valence-corrected chi connectivity index (χ3v) is 6.68. The maximum atomic E-state index is 6.24. The van der Waals surface area contributed by atoms with Crippen LogP contribution in [-0.2, 0) is 6.54 Å². The van der Waals surface area contributed by atoms with Crippen LogP contribution in [0.2, 0.25) is 5.02 Å². The molecule has 0 atom stereocenters. The molecule has 3 aromatic rings. The minimum Gasteiger partial charge on any atom is -0.497 e. The summed E-state index contributed by atoms with van der Waals surface area (Å²) in [5.41, 5.74) is 1.04. The summed E-state index contributed by atoms with van der Waals surface area (Å²) >= 11 is 12.8. The van der Waals surface area contributed by atoms with Gasteiger partial charge in [0.2, 0.25) is 0 Å². The van der Waals surface area contributed by atoms with Gasteiger partial charge in [-0.3, -0.25) is 4.31 Å². The molecule has 0 amide bonds. The van der Waals surface area contributed by atoms with Crippen LogP contribution in [0.3, 0.4) is 0 Å². The summed E-state index contributed by atoms with van der Waals surface area (Å²) in [6.45, 7) is 0.624. The van der Waals surface area contributed by atoms with Gasteiger partial charge in [-0.25, -0.2) is 4.98 Å². The zero-order chi connectivity index (χ0) is 18.5. The highest BCUT2D eigenvalue weighted by Gasteiger charge is 2.16. The number of nitrogens with zero attached hydrogens (tertiary/aromatic N) is 2. The molecule has 0 spiro atoms. The second-order valence-corrected chi connectivity index (χ2v) is 8.43. The Morgan fingerprint density at radius 3 is 2.69 bits per heavy atom. The van der Waals surface area contributed by atoms with Gasteiger partial charge in [-0.2, -0.15) is 0 Å². The molecule has 8 heteroatoms. The van der Waals surface area contributed by atoms with Gasteiger partial charge in [0.15, 0.2) is 5.13 Å². The highest BCUT2D eigenvalue weighted by atomic mass is 79.9. The quantitative estimate of drug-likeness (QED) is 0.378. The van der Waals surface area contributed by atoms with E-state index in [9.17, 15) is 0 Å². The average molecular weight is 472 g/mol. The molecule has 0 aliphatic carbocycles. The van der Waals surface area contributed by atoms with Crippen molar-refractivity contribution in [1.29, 1.82) is 0 Å². The van der Waals surface area contributed by atoms with E-state index >= 15 is 0 Å². The molecule has 3 rings (SSSR count). The van der Waals surface area contributed by atoms with Crippen molar-refractivity contribution in [1.82, 2.24) is 4.98 Å². The van der Waals surface area contributed by atoms with Crippen molar-refractivity contribution < 1.29 is 9.47 Å². The van der Waals surface area contributed by atoms with Gasteiger partial charge in [0.05, 0.1) is 25.8 Å². The van der Waals surface area contributed by atoms with Crippen molar-refractivity contribution in [3.63, 3.8) is 0 Å². The first kappa shape index (κ1) is 19.4. The summed E-state index contributed by atoms with van der Waals surface area (Å²) in [5.74, 6) is 1.54. The van der Waals surface area contributed by atoms with Gasteiger partial charge in [-0.1, -0.05) is 11.6 Å². The second-order valence-electron chi connectivity index (χ2n) is 5.20. The number of halogens is 2. The first-order chi connectivity index (χ1) is 12.6. The first-order valence-corrected chi connectivity index (χ1v) is 10.4. The van der Waals surface area contributed by atoms with E-state index in [2.05, 4.69) is 25.2 Å². The molecule has 0 saturated carbocycles.